The Balaban J connectivity index is 1.90. The molecule has 5 nitrogen and oxygen atoms in total. The summed E-state index contributed by atoms with van der Waals surface area (Å²) in [5, 5.41) is 16.7. The quantitative estimate of drug-likeness (QED) is 0.333. The van der Waals surface area contributed by atoms with Crippen molar-refractivity contribution in [3.05, 3.63) is 22.4 Å². The molecule has 1 heterocycles. The summed E-state index contributed by atoms with van der Waals surface area (Å²) in [6.45, 7) is 0. The van der Waals surface area contributed by atoms with E-state index < -0.39 is 0 Å². The van der Waals surface area contributed by atoms with Gasteiger partial charge in [-0.25, -0.2) is 0 Å². The van der Waals surface area contributed by atoms with Gasteiger partial charge in [-0.1, -0.05) is 17.6 Å². The monoisotopic (exact) mass is 267 g/mol. The van der Waals surface area contributed by atoms with Gasteiger partial charge in [-0.2, -0.15) is 0 Å². The van der Waals surface area contributed by atoms with Gasteiger partial charge in [0.15, 0.2) is 0 Å². The van der Waals surface area contributed by atoms with Crippen molar-refractivity contribution < 1.29 is 10.0 Å². The number of hydrogen-bond donors (Lipinski definition) is 3. The van der Waals surface area contributed by atoms with Crippen molar-refractivity contribution >= 4 is 23.1 Å². The third-order valence-electron chi connectivity index (χ3n) is 3.27. The molecule has 0 aliphatic heterocycles. The number of nitrogens with two attached hydrogens (primary N) is 1. The van der Waals surface area contributed by atoms with Crippen LogP contribution in [0, 0.1) is 5.92 Å². The number of thiophene rings is 1. The molecule has 2 rings (SSSR count). The highest BCUT2D eigenvalue weighted by molar-refractivity contribution is 7.10. The van der Waals surface area contributed by atoms with Crippen molar-refractivity contribution in [1.82, 2.24) is 5.32 Å². The zero-order valence-electron chi connectivity index (χ0n) is 10.0. The number of carbonyl (C=O) groups excluding carboxylic acids is 1. The Morgan fingerprint density at radius 2 is 2.44 bits per heavy atom. The van der Waals surface area contributed by atoms with E-state index in [4.69, 9.17) is 10.9 Å². The molecule has 6 heteroatoms. The van der Waals surface area contributed by atoms with E-state index >= 15 is 0 Å². The third-order valence-corrected chi connectivity index (χ3v) is 4.15. The molecule has 0 spiro atoms. The molecule has 1 aromatic rings. The maximum Gasteiger partial charge on any atom is 0.225 e. The standard InChI is InChI=1S/C12H17N3O2S/c13-12(15-17)9-4-1-5-10(9)14-11(16)7-8-3-2-6-18-8/h2-3,6,9-10,17H,1,4-5,7H2,(H2,13,15)(H,14,16). The third kappa shape index (κ3) is 3.01. The molecule has 0 bridgehead atoms. The number of amides is 1. The van der Waals surface area contributed by atoms with Gasteiger partial charge in [0.25, 0.3) is 0 Å². The summed E-state index contributed by atoms with van der Waals surface area (Å²) in [4.78, 5) is 12.9. The van der Waals surface area contributed by atoms with E-state index in [1.807, 2.05) is 17.5 Å². The smallest absolute Gasteiger partial charge is 0.225 e. The van der Waals surface area contributed by atoms with Crippen LogP contribution in [0.25, 0.3) is 0 Å². The predicted molar refractivity (Wildman–Crippen MR) is 70.7 cm³/mol. The SMILES string of the molecule is NC(=NO)C1CCCC1NC(=O)Cc1cccs1. The lowest BCUT2D eigenvalue weighted by molar-refractivity contribution is -0.121. The number of nitrogens with zero attached hydrogens (tertiary/aromatic N) is 1. The van der Waals surface area contributed by atoms with Crippen LogP contribution in [0.3, 0.4) is 0 Å². The van der Waals surface area contributed by atoms with Gasteiger partial charge in [0.05, 0.1) is 6.42 Å². The van der Waals surface area contributed by atoms with Crippen molar-refractivity contribution in [3.8, 4) is 0 Å². The Kier molecular flexibility index (Phi) is 4.19. The maximum atomic E-state index is 11.9. The zero-order chi connectivity index (χ0) is 13.0. The van der Waals surface area contributed by atoms with Gasteiger partial charge in [0, 0.05) is 16.8 Å². The molecule has 2 unspecified atom stereocenters. The van der Waals surface area contributed by atoms with E-state index in [0.29, 0.717) is 6.42 Å². The number of oxime groups is 1. The topological polar surface area (TPSA) is 87.7 Å². The van der Waals surface area contributed by atoms with Gasteiger partial charge < -0.3 is 16.3 Å². The lowest BCUT2D eigenvalue weighted by Gasteiger charge is -2.19. The second kappa shape index (κ2) is 5.86. The lowest BCUT2D eigenvalue weighted by Crippen LogP contribution is -2.42. The minimum absolute atomic E-state index is 0.0000831. The van der Waals surface area contributed by atoms with Crippen LogP contribution in [-0.2, 0) is 11.2 Å². The highest BCUT2D eigenvalue weighted by atomic mass is 32.1. The minimum Gasteiger partial charge on any atom is -0.409 e. The normalized spacial score (nSPS) is 24.1. The van der Waals surface area contributed by atoms with Crippen LogP contribution in [0.4, 0.5) is 0 Å². The molecule has 1 fully saturated rings. The first-order chi connectivity index (χ1) is 8.70. The number of rotatable bonds is 4. The Morgan fingerprint density at radius 1 is 1.61 bits per heavy atom. The van der Waals surface area contributed by atoms with Crippen LogP contribution < -0.4 is 11.1 Å². The van der Waals surface area contributed by atoms with Crippen LogP contribution >= 0.6 is 11.3 Å². The average Bonchev–Trinajstić information content (AvgIpc) is 2.99. The zero-order valence-corrected chi connectivity index (χ0v) is 10.8. The first kappa shape index (κ1) is 12.9. The van der Waals surface area contributed by atoms with E-state index in [1.165, 1.54) is 0 Å². The van der Waals surface area contributed by atoms with Crippen molar-refractivity contribution in [2.45, 2.75) is 31.7 Å². The van der Waals surface area contributed by atoms with Gasteiger partial charge in [0.1, 0.15) is 5.84 Å². The molecular weight excluding hydrogens is 250 g/mol. The summed E-state index contributed by atoms with van der Waals surface area (Å²) >= 11 is 1.57. The molecule has 98 valence electrons. The Labute approximate surface area is 110 Å². The van der Waals surface area contributed by atoms with E-state index in [0.717, 1.165) is 24.1 Å². The summed E-state index contributed by atoms with van der Waals surface area (Å²) in [5.41, 5.74) is 5.63. The first-order valence-electron chi connectivity index (χ1n) is 6.00. The summed E-state index contributed by atoms with van der Waals surface area (Å²) in [6, 6.07) is 3.87. The summed E-state index contributed by atoms with van der Waals surface area (Å²) in [7, 11) is 0. The molecule has 1 amide bonds. The second-order valence-corrected chi connectivity index (χ2v) is 5.52. The fraction of sp³-hybridized carbons (Fsp3) is 0.500. The van der Waals surface area contributed by atoms with E-state index in [1.54, 1.807) is 11.3 Å². The van der Waals surface area contributed by atoms with Gasteiger partial charge >= 0.3 is 0 Å². The second-order valence-electron chi connectivity index (χ2n) is 4.49. The number of hydrogen-bond acceptors (Lipinski definition) is 4. The maximum absolute atomic E-state index is 11.9. The molecule has 18 heavy (non-hydrogen) atoms. The molecular formula is C12H17N3O2S. The van der Waals surface area contributed by atoms with Crippen LogP contribution in [-0.4, -0.2) is 23.0 Å². The molecule has 4 N–H and O–H groups in total. The van der Waals surface area contributed by atoms with E-state index in [-0.39, 0.29) is 23.7 Å². The minimum atomic E-state index is -0.0396. The van der Waals surface area contributed by atoms with Gasteiger partial charge in [-0.05, 0) is 24.3 Å². The number of carbonyl (C=O) groups is 1. The van der Waals surface area contributed by atoms with Gasteiger partial charge in [-0.15, -0.1) is 11.3 Å². The van der Waals surface area contributed by atoms with E-state index in [9.17, 15) is 4.79 Å². The molecule has 0 aromatic carbocycles. The molecule has 1 aromatic heterocycles. The molecule has 1 aliphatic rings. The van der Waals surface area contributed by atoms with Crippen molar-refractivity contribution in [3.63, 3.8) is 0 Å². The summed E-state index contributed by atoms with van der Waals surface area (Å²) in [5.74, 6) is 0.177. The fourth-order valence-electron chi connectivity index (χ4n) is 2.39. The lowest BCUT2D eigenvalue weighted by atomic mass is 10.0. The number of nitrogens with one attached hydrogen (secondary N) is 1. The first-order valence-corrected chi connectivity index (χ1v) is 6.88. The predicted octanol–water partition coefficient (Wildman–Crippen LogP) is 1.32. The van der Waals surface area contributed by atoms with E-state index in [2.05, 4.69) is 10.5 Å². The van der Waals surface area contributed by atoms with Crippen molar-refractivity contribution in [1.29, 1.82) is 0 Å². The van der Waals surface area contributed by atoms with Crippen molar-refractivity contribution in [2.75, 3.05) is 0 Å². The Morgan fingerprint density at radius 3 is 3.11 bits per heavy atom. The highest BCUT2D eigenvalue weighted by Crippen LogP contribution is 2.26. The molecule has 1 saturated carbocycles. The Bertz CT molecular complexity index is 431. The molecule has 0 saturated heterocycles. The van der Waals surface area contributed by atoms with Crippen LogP contribution in [0.5, 0.6) is 0 Å². The molecule has 0 radical (unpaired) electrons. The molecule has 2 atom stereocenters. The van der Waals surface area contributed by atoms with Crippen LogP contribution in [0.15, 0.2) is 22.7 Å². The average molecular weight is 267 g/mol. The summed E-state index contributed by atoms with van der Waals surface area (Å²) < 4.78 is 0. The van der Waals surface area contributed by atoms with Crippen LogP contribution in [0.1, 0.15) is 24.1 Å². The fourth-order valence-corrected chi connectivity index (χ4v) is 3.09. The Hall–Kier alpha value is -1.56. The van der Waals surface area contributed by atoms with Gasteiger partial charge in [-0.3, -0.25) is 4.79 Å². The van der Waals surface area contributed by atoms with Gasteiger partial charge in [0.2, 0.25) is 5.91 Å². The highest BCUT2D eigenvalue weighted by Gasteiger charge is 2.31. The van der Waals surface area contributed by atoms with Crippen molar-refractivity contribution in [2.24, 2.45) is 16.8 Å². The van der Waals surface area contributed by atoms with Crippen LogP contribution in [0.2, 0.25) is 0 Å². The summed E-state index contributed by atoms with van der Waals surface area (Å²) in [6.07, 6.45) is 3.14. The molecule has 1 aliphatic carbocycles. The number of amidine groups is 1. The largest absolute Gasteiger partial charge is 0.409 e.